The van der Waals surface area contributed by atoms with E-state index < -0.39 is 18.0 Å². The predicted molar refractivity (Wildman–Crippen MR) is 148 cm³/mol. The van der Waals surface area contributed by atoms with Gasteiger partial charge in [-0.3, -0.25) is 19.8 Å². The topological polar surface area (TPSA) is 98.6 Å². The number of hydrogen-bond donors (Lipinski definition) is 1. The summed E-state index contributed by atoms with van der Waals surface area (Å²) in [6.07, 6.45) is -5.00. The zero-order valence-electron chi connectivity index (χ0n) is 22.7. The van der Waals surface area contributed by atoms with Gasteiger partial charge in [0.2, 0.25) is 5.95 Å². The van der Waals surface area contributed by atoms with Crippen LogP contribution < -0.4 is 10.1 Å². The summed E-state index contributed by atoms with van der Waals surface area (Å²) >= 11 is 0. The van der Waals surface area contributed by atoms with Gasteiger partial charge in [0.1, 0.15) is 5.75 Å². The van der Waals surface area contributed by atoms with Crippen molar-refractivity contribution in [1.29, 1.82) is 0 Å². The zero-order valence-corrected chi connectivity index (χ0v) is 22.7. The highest BCUT2D eigenvalue weighted by molar-refractivity contribution is 6.04. The first-order valence-corrected chi connectivity index (χ1v) is 13.3. The van der Waals surface area contributed by atoms with Crippen LogP contribution in [-0.2, 0) is 17.7 Å². The van der Waals surface area contributed by atoms with Crippen LogP contribution in [0.1, 0.15) is 37.7 Å². The SMILES string of the molecule is Cc1ccccc1C(=O)Nc1nc(CC(=O)c2cccc(CN3CCOCC3)c2)nn1-c1ccc(OC(F)(F)F)cc1. The molecule has 1 amide bonds. The van der Waals surface area contributed by atoms with Crippen molar-refractivity contribution in [3.63, 3.8) is 0 Å². The van der Waals surface area contributed by atoms with Crippen molar-refractivity contribution in [1.82, 2.24) is 19.7 Å². The average molecular weight is 580 g/mol. The summed E-state index contributed by atoms with van der Waals surface area (Å²) in [4.78, 5) is 33.0. The Kier molecular flexibility index (Phi) is 8.64. The van der Waals surface area contributed by atoms with Crippen LogP contribution in [0, 0.1) is 6.92 Å². The molecule has 0 unspecified atom stereocenters. The van der Waals surface area contributed by atoms with Gasteiger partial charge in [-0.25, -0.2) is 0 Å². The van der Waals surface area contributed by atoms with Gasteiger partial charge < -0.3 is 9.47 Å². The van der Waals surface area contributed by atoms with Crippen molar-refractivity contribution in [3.8, 4) is 11.4 Å². The summed E-state index contributed by atoms with van der Waals surface area (Å²) in [5.41, 5.74) is 2.95. The fourth-order valence-corrected chi connectivity index (χ4v) is 4.58. The molecule has 0 spiro atoms. The van der Waals surface area contributed by atoms with E-state index in [1.165, 1.54) is 16.8 Å². The molecule has 0 atom stereocenters. The Morgan fingerprint density at radius 2 is 1.74 bits per heavy atom. The van der Waals surface area contributed by atoms with Crippen LogP contribution in [0.15, 0.2) is 72.8 Å². The number of benzene rings is 3. The molecule has 0 bridgehead atoms. The zero-order chi connectivity index (χ0) is 29.7. The number of amides is 1. The lowest BCUT2D eigenvalue weighted by molar-refractivity contribution is -0.274. The minimum Gasteiger partial charge on any atom is -0.406 e. The van der Waals surface area contributed by atoms with Gasteiger partial charge in [0, 0.05) is 30.8 Å². The van der Waals surface area contributed by atoms with E-state index in [0.717, 1.165) is 36.3 Å². The van der Waals surface area contributed by atoms with E-state index in [0.29, 0.717) is 36.6 Å². The van der Waals surface area contributed by atoms with Crippen molar-refractivity contribution in [3.05, 3.63) is 101 Å². The maximum absolute atomic E-state index is 13.2. The molecule has 218 valence electrons. The maximum atomic E-state index is 13.2. The Bertz CT molecular complexity index is 1560. The standard InChI is InChI=1S/C30H28F3N5O4/c1-20-5-2-3-8-25(20)28(40)35-29-34-27(36-38(29)23-9-11-24(12-10-23)42-30(31,32)33)18-26(39)22-7-4-6-21(17-22)19-37-13-15-41-16-14-37/h2-12,17H,13-16,18-19H2,1H3,(H,34,35,36,40). The van der Waals surface area contributed by atoms with Crippen LogP contribution >= 0.6 is 0 Å². The summed E-state index contributed by atoms with van der Waals surface area (Å²) in [6, 6.07) is 19.3. The Balaban J connectivity index is 1.39. The van der Waals surface area contributed by atoms with E-state index in [1.807, 2.05) is 18.2 Å². The van der Waals surface area contributed by atoms with Crippen LogP contribution in [0.4, 0.5) is 19.1 Å². The van der Waals surface area contributed by atoms with Crippen molar-refractivity contribution >= 4 is 17.6 Å². The number of carbonyl (C=O) groups is 2. The second-order valence-corrected chi connectivity index (χ2v) is 9.76. The normalized spacial score (nSPS) is 14.0. The van der Waals surface area contributed by atoms with Crippen molar-refractivity contribution < 1.29 is 32.2 Å². The van der Waals surface area contributed by atoms with Gasteiger partial charge in [0.15, 0.2) is 11.6 Å². The first-order chi connectivity index (χ1) is 20.1. The Labute approximate surface area is 239 Å². The number of carbonyl (C=O) groups excluding carboxylic acids is 2. The molecule has 2 heterocycles. The molecule has 4 aromatic rings. The van der Waals surface area contributed by atoms with E-state index in [1.54, 1.807) is 37.3 Å². The van der Waals surface area contributed by atoms with E-state index in [9.17, 15) is 22.8 Å². The lowest BCUT2D eigenvalue weighted by Gasteiger charge is -2.26. The highest BCUT2D eigenvalue weighted by Gasteiger charge is 2.31. The van der Waals surface area contributed by atoms with Crippen molar-refractivity contribution in [2.24, 2.45) is 0 Å². The number of Topliss-reactive ketones (excluding diaryl/α,β-unsaturated/α-hetero) is 1. The number of halogens is 3. The van der Waals surface area contributed by atoms with Gasteiger partial charge in [-0.15, -0.1) is 18.3 Å². The number of ether oxygens (including phenoxy) is 2. The number of aromatic nitrogens is 3. The number of rotatable bonds is 9. The predicted octanol–water partition coefficient (Wildman–Crippen LogP) is 4.98. The van der Waals surface area contributed by atoms with Crippen molar-refractivity contribution in [2.75, 3.05) is 31.6 Å². The molecule has 42 heavy (non-hydrogen) atoms. The lowest BCUT2D eigenvalue weighted by atomic mass is 10.0. The van der Waals surface area contributed by atoms with Gasteiger partial charge in [-0.1, -0.05) is 36.4 Å². The Morgan fingerprint density at radius 3 is 2.45 bits per heavy atom. The summed E-state index contributed by atoms with van der Waals surface area (Å²) < 4.78 is 48.5. The minimum atomic E-state index is -4.84. The molecule has 1 aliphatic heterocycles. The molecule has 12 heteroatoms. The van der Waals surface area contributed by atoms with Gasteiger partial charge in [-0.05, 0) is 54.4 Å². The van der Waals surface area contributed by atoms with Crippen LogP contribution in [0.25, 0.3) is 5.69 Å². The molecule has 1 saturated heterocycles. The first kappa shape index (κ1) is 29.0. The fourth-order valence-electron chi connectivity index (χ4n) is 4.58. The largest absolute Gasteiger partial charge is 0.573 e. The Hall–Kier alpha value is -4.55. The minimum absolute atomic E-state index is 0.0108. The highest BCUT2D eigenvalue weighted by atomic mass is 19.4. The van der Waals surface area contributed by atoms with Crippen LogP contribution in [0.2, 0.25) is 0 Å². The third-order valence-corrected chi connectivity index (χ3v) is 6.66. The number of anilines is 1. The molecule has 0 radical (unpaired) electrons. The van der Waals surface area contributed by atoms with Crippen molar-refractivity contribution in [2.45, 2.75) is 26.3 Å². The summed E-state index contributed by atoms with van der Waals surface area (Å²) in [5, 5.41) is 7.14. The number of morpholine rings is 1. The molecule has 0 aliphatic carbocycles. The number of hydrogen-bond acceptors (Lipinski definition) is 7. The van der Waals surface area contributed by atoms with E-state index in [4.69, 9.17) is 4.74 Å². The van der Waals surface area contributed by atoms with Gasteiger partial charge in [0.25, 0.3) is 5.91 Å². The molecular weight excluding hydrogens is 551 g/mol. The second kappa shape index (κ2) is 12.5. The third-order valence-electron chi connectivity index (χ3n) is 6.66. The van der Waals surface area contributed by atoms with Crippen LogP contribution in [-0.4, -0.2) is 64.0 Å². The number of nitrogens with zero attached hydrogens (tertiary/aromatic N) is 4. The van der Waals surface area contributed by atoms with Crippen LogP contribution in [0.5, 0.6) is 5.75 Å². The van der Waals surface area contributed by atoms with Crippen LogP contribution in [0.3, 0.4) is 0 Å². The quantitative estimate of drug-likeness (QED) is 0.279. The molecule has 1 aliphatic rings. The summed E-state index contributed by atoms with van der Waals surface area (Å²) in [6.45, 7) is 5.47. The number of aryl methyl sites for hydroxylation is 1. The van der Waals surface area contributed by atoms with E-state index in [2.05, 4.69) is 25.0 Å². The van der Waals surface area contributed by atoms with Gasteiger partial charge in [0.05, 0.1) is 25.3 Å². The molecule has 1 fully saturated rings. The number of nitrogens with one attached hydrogen (secondary N) is 1. The number of alkyl halides is 3. The van der Waals surface area contributed by atoms with Gasteiger partial charge >= 0.3 is 6.36 Å². The van der Waals surface area contributed by atoms with E-state index in [-0.39, 0.29) is 24.0 Å². The molecule has 3 aromatic carbocycles. The molecular formula is C30H28F3N5O4. The Morgan fingerprint density at radius 1 is 1.00 bits per heavy atom. The monoisotopic (exact) mass is 579 g/mol. The van der Waals surface area contributed by atoms with Gasteiger partial charge in [-0.2, -0.15) is 9.67 Å². The molecule has 1 N–H and O–H groups in total. The summed E-state index contributed by atoms with van der Waals surface area (Å²) in [7, 11) is 0. The lowest BCUT2D eigenvalue weighted by Crippen LogP contribution is -2.35. The highest BCUT2D eigenvalue weighted by Crippen LogP contribution is 2.25. The second-order valence-electron chi connectivity index (χ2n) is 9.76. The third kappa shape index (κ3) is 7.39. The molecule has 9 nitrogen and oxygen atoms in total. The average Bonchev–Trinajstić information content (AvgIpc) is 3.35. The maximum Gasteiger partial charge on any atom is 0.573 e. The first-order valence-electron chi connectivity index (χ1n) is 13.3. The fraction of sp³-hybridized carbons (Fsp3) is 0.267. The molecule has 1 aromatic heterocycles. The smallest absolute Gasteiger partial charge is 0.406 e. The molecule has 0 saturated carbocycles. The van der Waals surface area contributed by atoms with E-state index >= 15 is 0 Å². The summed E-state index contributed by atoms with van der Waals surface area (Å²) in [5.74, 6) is -0.940. The number of ketones is 1. The molecule has 5 rings (SSSR count).